The molecule has 0 aromatic heterocycles. The van der Waals surface area contributed by atoms with Crippen molar-refractivity contribution in [3.63, 3.8) is 0 Å². The molecule has 7 nitrogen and oxygen atoms in total. The summed E-state index contributed by atoms with van der Waals surface area (Å²) in [5, 5.41) is 0. The zero-order valence-corrected chi connectivity index (χ0v) is 19.8. The second-order valence-corrected chi connectivity index (χ2v) is 10.4. The number of anilines is 1. The van der Waals surface area contributed by atoms with E-state index >= 15 is 0 Å². The van der Waals surface area contributed by atoms with Crippen molar-refractivity contribution in [1.82, 2.24) is 0 Å². The molecule has 2 unspecified atom stereocenters. The minimum atomic E-state index is -3.93. The van der Waals surface area contributed by atoms with Gasteiger partial charge in [0.1, 0.15) is 11.9 Å². The zero-order chi connectivity index (χ0) is 23.7. The number of methoxy groups -OCH3 is 1. The number of Topliss-reactive ketones (excluding diaryl/α,β-unsaturated/α-hetero) is 1. The maximum absolute atomic E-state index is 13.5. The highest BCUT2D eigenvalue weighted by Gasteiger charge is 2.51. The quantitative estimate of drug-likeness (QED) is 0.633. The van der Waals surface area contributed by atoms with Crippen molar-refractivity contribution in [3.8, 4) is 5.75 Å². The summed E-state index contributed by atoms with van der Waals surface area (Å²) in [4.78, 5) is 26.0. The number of aryl methyl sites for hydroxylation is 2. The lowest BCUT2D eigenvalue weighted by Crippen LogP contribution is -2.53. The molecule has 0 saturated heterocycles. The fourth-order valence-electron chi connectivity index (χ4n) is 3.92. The molecule has 2 aromatic carbocycles. The first-order valence-electron chi connectivity index (χ1n) is 10.5. The molecule has 172 valence electrons. The molecule has 0 aliphatic carbocycles. The number of carbonyl (C=O) groups is 2. The summed E-state index contributed by atoms with van der Waals surface area (Å²) in [6.45, 7) is 7.05. The van der Waals surface area contributed by atoms with Gasteiger partial charge in [-0.2, -0.15) is 0 Å². The van der Waals surface area contributed by atoms with Gasteiger partial charge in [0.15, 0.2) is 5.78 Å². The number of ether oxygens (including phenoxy) is 2. The SMILES string of the molecule is CCc1ccc2c(c1)C(=O)C(CS(=O)(=O)Nc1ccc(C)cc1)C(C(C)(C)C(=O)OC)O2. The first-order valence-corrected chi connectivity index (χ1v) is 12.1. The van der Waals surface area contributed by atoms with Crippen molar-refractivity contribution in [2.75, 3.05) is 17.6 Å². The Bertz CT molecular complexity index is 1120. The van der Waals surface area contributed by atoms with Crippen molar-refractivity contribution in [1.29, 1.82) is 0 Å². The first kappa shape index (κ1) is 23.8. The highest BCUT2D eigenvalue weighted by Crippen LogP contribution is 2.40. The molecule has 3 rings (SSSR count). The number of benzene rings is 2. The minimum Gasteiger partial charge on any atom is -0.488 e. The predicted octanol–water partition coefficient (Wildman–Crippen LogP) is 3.76. The third-order valence-electron chi connectivity index (χ3n) is 5.82. The van der Waals surface area contributed by atoms with Gasteiger partial charge in [-0.25, -0.2) is 8.42 Å². The average molecular weight is 460 g/mol. The molecular weight excluding hydrogens is 430 g/mol. The van der Waals surface area contributed by atoms with Crippen LogP contribution in [0.25, 0.3) is 0 Å². The van der Waals surface area contributed by atoms with Gasteiger partial charge in [-0.1, -0.05) is 30.7 Å². The van der Waals surface area contributed by atoms with Crippen LogP contribution in [0, 0.1) is 18.3 Å². The normalized spacial score (nSPS) is 18.5. The van der Waals surface area contributed by atoms with Crippen molar-refractivity contribution in [2.45, 2.75) is 40.2 Å². The van der Waals surface area contributed by atoms with Crippen LogP contribution in [-0.2, 0) is 26.0 Å². The Morgan fingerprint density at radius 1 is 1.16 bits per heavy atom. The molecule has 0 bridgehead atoms. The number of ketones is 1. The van der Waals surface area contributed by atoms with Crippen molar-refractivity contribution in [3.05, 3.63) is 59.2 Å². The summed E-state index contributed by atoms with van der Waals surface area (Å²) in [6, 6.07) is 12.2. The predicted molar refractivity (Wildman–Crippen MR) is 122 cm³/mol. The fraction of sp³-hybridized carbons (Fsp3) is 0.417. The van der Waals surface area contributed by atoms with Gasteiger partial charge in [0.25, 0.3) is 0 Å². The molecule has 8 heteroatoms. The first-order chi connectivity index (χ1) is 15.0. The Labute approximate surface area is 189 Å². The zero-order valence-electron chi connectivity index (χ0n) is 19.0. The number of rotatable bonds is 7. The van der Waals surface area contributed by atoms with Crippen LogP contribution >= 0.6 is 0 Å². The summed E-state index contributed by atoms with van der Waals surface area (Å²) >= 11 is 0. The van der Waals surface area contributed by atoms with Crippen LogP contribution < -0.4 is 9.46 Å². The molecule has 0 amide bonds. The van der Waals surface area contributed by atoms with Gasteiger partial charge in [0, 0.05) is 5.69 Å². The molecule has 1 aliphatic rings. The summed E-state index contributed by atoms with van der Waals surface area (Å²) < 4.78 is 39.6. The highest BCUT2D eigenvalue weighted by molar-refractivity contribution is 7.92. The van der Waals surface area contributed by atoms with Crippen LogP contribution in [0.4, 0.5) is 5.69 Å². The van der Waals surface area contributed by atoms with E-state index in [9.17, 15) is 18.0 Å². The van der Waals surface area contributed by atoms with Crippen molar-refractivity contribution < 1.29 is 27.5 Å². The number of esters is 1. The van der Waals surface area contributed by atoms with Gasteiger partial charge in [-0.15, -0.1) is 0 Å². The highest BCUT2D eigenvalue weighted by atomic mass is 32.2. The lowest BCUT2D eigenvalue weighted by Gasteiger charge is -2.40. The van der Waals surface area contributed by atoms with E-state index < -0.39 is 39.2 Å². The Hall–Kier alpha value is -2.87. The lowest BCUT2D eigenvalue weighted by molar-refractivity contribution is -0.157. The molecular formula is C24H29NO6S. The molecule has 1 N–H and O–H groups in total. The molecule has 0 radical (unpaired) electrons. The Balaban J connectivity index is 2.00. The smallest absolute Gasteiger partial charge is 0.315 e. The molecule has 1 heterocycles. The van der Waals surface area contributed by atoms with Gasteiger partial charge >= 0.3 is 5.97 Å². The molecule has 0 spiro atoms. The van der Waals surface area contributed by atoms with E-state index in [1.165, 1.54) is 7.11 Å². The van der Waals surface area contributed by atoms with Gasteiger partial charge in [0.05, 0.1) is 29.8 Å². The molecule has 32 heavy (non-hydrogen) atoms. The molecule has 1 aliphatic heterocycles. The van der Waals surface area contributed by atoms with Crippen LogP contribution in [0.1, 0.15) is 42.3 Å². The topological polar surface area (TPSA) is 98.8 Å². The van der Waals surface area contributed by atoms with E-state index in [-0.39, 0.29) is 5.78 Å². The van der Waals surface area contributed by atoms with Gasteiger partial charge in [0.2, 0.25) is 10.0 Å². The Morgan fingerprint density at radius 2 is 1.81 bits per heavy atom. The van der Waals surface area contributed by atoms with E-state index in [0.29, 0.717) is 17.0 Å². The standard InChI is InChI=1S/C24H29NO6S/c1-6-16-9-12-20-18(13-16)21(26)19(22(31-20)24(3,4)23(27)30-5)14-32(28,29)25-17-10-7-15(2)8-11-17/h7-13,19,22,25H,6,14H2,1-5H3. The monoisotopic (exact) mass is 459 g/mol. The van der Waals surface area contributed by atoms with Crippen LogP contribution in [0.5, 0.6) is 5.75 Å². The summed E-state index contributed by atoms with van der Waals surface area (Å²) in [6.07, 6.45) is -0.299. The van der Waals surface area contributed by atoms with Crippen molar-refractivity contribution in [2.24, 2.45) is 11.3 Å². The summed E-state index contributed by atoms with van der Waals surface area (Å²) in [5.41, 5.74) is 1.40. The number of fused-ring (bicyclic) bond motifs is 1. The molecule has 2 aromatic rings. The van der Waals surface area contributed by atoms with E-state index in [4.69, 9.17) is 9.47 Å². The maximum Gasteiger partial charge on any atom is 0.315 e. The average Bonchev–Trinajstić information content (AvgIpc) is 2.75. The molecule has 2 atom stereocenters. The largest absolute Gasteiger partial charge is 0.488 e. The van der Waals surface area contributed by atoms with Crippen LogP contribution in [0.3, 0.4) is 0 Å². The van der Waals surface area contributed by atoms with Crippen LogP contribution in [0.15, 0.2) is 42.5 Å². The number of hydrogen-bond acceptors (Lipinski definition) is 6. The second kappa shape index (κ2) is 8.94. The number of nitrogens with one attached hydrogen (secondary N) is 1. The maximum atomic E-state index is 13.5. The van der Waals surface area contributed by atoms with Gasteiger partial charge < -0.3 is 9.47 Å². The van der Waals surface area contributed by atoms with E-state index in [2.05, 4.69) is 4.72 Å². The lowest BCUT2D eigenvalue weighted by atomic mass is 9.75. The van der Waals surface area contributed by atoms with Crippen LogP contribution in [0.2, 0.25) is 0 Å². The second-order valence-electron chi connectivity index (χ2n) is 8.66. The van der Waals surface area contributed by atoms with Gasteiger partial charge in [-0.05, 0) is 57.0 Å². The van der Waals surface area contributed by atoms with E-state index in [1.807, 2.05) is 19.9 Å². The third-order valence-corrected chi connectivity index (χ3v) is 7.17. The Morgan fingerprint density at radius 3 is 2.41 bits per heavy atom. The molecule has 0 fully saturated rings. The van der Waals surface area contributed by atoms with Gasteiger partial charge in [-0.3, -0.25) is 14.3 Å². The van der Waals surface area contributed by atoms with E-state index in [1.54, 1.807) is 50.2 Å². The minimum absolute atomic E-state index is 0.330. The summed E-state index contributed by atoms with van der Waals surface area (Å²) in [5.74, 6) is -2.22. The number of carbonyl (C=O) groups excluding carboxylic acids is 2. The summed E-state index contributed by atoms with van der Waals surface area (Å²) in [7, 11) is -2.68. The van der Waals surface area contributed by atoms with Crippen LogP contribution in [-0.4, -0.2) is 39.1 Å². The Kier molecular flexibility index (Phi) is 6.64. The van der Waals surface area contributed by atoms with Crippen molar-refractivity contribution >= 4 is 27.5 Å². The van der Waals surface area contributed by atoms with E-state index in [0.717, 1.165) is 17.5 Å². The number of hydrogen-bond donors (Lipinski definition) is 1. The fourth-order valence-corrected chi connectivity index (χ4v) is 5.30. The third kappa shape index (κ3) is 4.80. The number of sulfonamides is 1. The molecule has 0 saturated carbocycles.